The minimum absolute atomic E-state index is 0.0515. The Balaban J connectivity index is 1.89. The first-order chi connectivity index (χ1) is 13.3. The maximum Gasteiger partial charge on any atom is 0.257 e. The second-order valence-electron chi connectivity index (χ2n) is 6.64. The van der Waals surface area contributed by atoms with E-state index in [9.17, 15) is 18.8 Å². The van der Waals surface area contributed by atoms with Gasteiger partial charge in [0, 0.05) is 31.9 Å². The molecule has 2 N–H and O–H groups in total. The molecule has 0 saturated heterocycles. The molecular weight excluding hydrogens is 365 g/mol. The zero-order chi connectivity index (χ0) is 20.4. The maximum atomic E-state index is 13.5. The molecule has 0 bridgehead atoms. The highest BCUT2D eigenvalue weighted by molar-refractivity contribution is 6.06. The molecule has 0 radical (unpaired) electrons. The van der Waals surface area contributed by atoms with Gasteiger partial charge in [0.25, 0.3) is 5.91 Å². The first-order valence-electron chi connectivity index (χ1n) is 8.60. The molecule has 0 saturated carbocycles. The second kappa shape index (κ2) is 7.67. The molecule has 3 rings (SSSR count). The summed E-state index contributed by atoms with van der Waals surface area (Å²) in [6.45, 7) is 0. The number of amides is 3. The highest BCUT2D eigenvalue weighted by Crippen LogP contribution is 2.34. The minimum Gasteiger partial charge on any atom is -0.496 e. The number of benzene rings is 2. The molecule has 28 heavy (non-hydrogen) atoms. The molecule has 2 aromatic rings. The Bertz CT molecular complexity index is 958. The summed E-state index contributed by atoms with van der Waals surface area (Å²) in [5, 5.41) is 5.31. The third-order valence-corrected chi connectivity index (χ3v) is 4.47. The molecule has 0 spiro atoms. The molecule has 1 aliphatic rings. The molecular formula is C20H20FN3O4. The summed E-state index contributed by atoms with van der Waals surface area (Å²) in [7, 11) is 4.68. The van der Waals surface area contributed by atoms with Crippen molar-refractivity contribution in [3.63, 3.8) is 0 Å². The van der Waals surface area contributed by atoms with Crippen LogP contribution in [-0.2, 0) is 9.59 Å². The van der Waals surface area contributed by atoms with Crippen molar-refractivity contribution in [1.82, 2.24) is 4.90 Å². The van der Waals surface area contributed by atoms with Gasteiger partial charge in [-0.05, 0) is 35.9 Å². The molecule has 146 valence electrons. The maximum absolute atomic E-state index is 13.5. The molecule has 1 unspecified atom stereocenters. The van der Waals surface area contributed by atoms with E-state index >= 15 is 0 Å². The highest BCUT2D eigenvalue weighted by Gasteiger charge is 2.31. The summed E-state index contributed by atoms with van der Waals surface area (Å²) in [6.07, 6.45) is -0.0515. The summed E-state index contributed by atoms with van der Waals surface area (Å²) in [4.78, 5) is 38.5. The summed E-state index contributed by atoms with van der Waals surface area (Å²) in [6, 6.07) is 8.64. The quantitative estimate of drug-likeness (QED) is 0.847. The van der Waals surface area contributed by atoms with E-state index in [4.69, 9.17) is 4.74 Å². The molecule has 7 nitrogen and oxygen atoms in total. The van der Waals surface area contributed by atoms with Gasteiger partial charge in [0.2, 0.25) is 11.8 Å². The summed E-state index contributed by atoms with van der Waals surface area (Å²) in [5.41, 5.74) is 1.52. The Morgan fingerprint density at radius 3 is 2.64 bits per heavy atom. The van der Waals surface area contributed by atoms with Gasteiger partial charge >= 0.3 is 0 Å². The number of halogens is 1. The van der Waals surface area contributed by atoms with Gasteiger partial charge in [-0.3, -0.25) is 14.4 Å². The zero-order valence-corrected chi connectivity index (χ0v) is 15.7. The van der Waals surface area contributed by atoms with Crippen LogP contribution in [0.1, 0.15) is 28.3 Å². The van der Waals surface area contributed by atoms with E-state index in [1.54, 1.807) is 26.2 Å². The SMILES string of the molecule is COc1ccc(NC(=O)C2CC(=O)Nc3cc(F)ccc32)cc1C(=O)N(C)C. The van der Waals surface area contributed by atoms with Crippen LogP contribution in [0.25, 0.3) is 0 Å². The Hall–Kier alpha value is -3.42. The Labute approximate surface area is 161 Å². The zero-order valence-electron chi connectivity index (χ0n) is 15.7. The lowest BCUT2D eigenvalue weighted by Crippen LogP contribution is -2.31. The van der Waals surface area contributed by atoms with Crippen molar-refractivity contribution in [3.05, 3.63) is 53.3 Å². The van der Waals surface area contributed by atoms with Crippen molar-refractivity contribution in [2.45, 2.75) is 12.3 Å². The fourth-order valence-electron chi connectivity index (χ4n) is 3.09. The van der Waals surface area contributed by atoms with Crippen molar-refractivity contribution >= 4 is 29.1 Å². The van der Waals surface area contributed by atoms with Gasteiger partial charge in [-0.1, -0.05) is 6.07 Å². The predicted octanol–water partition coefficient (Wildman–Crippen LogP) is 2.60. The van der Waals surface area contributed by atoms with Crippen molar-refractivity contribution in [3.8, 4) is 5.75 Å². The molecule has 8 heteroatoms. The van der Waals surface area contributed by atoms with Crippen molar-refractivity contribution in [1.29, 1.82) is 0 Å². The van der Waals surface area contributed by atoms with Crippen LogP contribution in [0.3, 0.4) is 0 Å². The fraction of sp³-hybridized carbons (Fsp3) is 0.250. The highest BCUT2D eigenvalue weighted by atomic mass is 19.1. The van der Waals surface area contributed by atoms with E-state index in [0.717, 1.165) is 0 Å². The van der Waals surface area contributed by atoms with Gasteiger partial charge in [-0.25, -0.2) is 4.39 Å². The van der Waals surface area contributed by atoms with Gasteiger partial charge < -0.3 is 20.3 Å². The summed E-state index contributed by atoms with van der Waals surface area (Å²) in [5.74, 6) is -1.94. The number of fused-ring (bicyclic) bond motifs is 1. The van der Waals surface area contributed by atoms with Crippen LogP contribution in [0.5, 0.6) is 5.75 Å². The molecule has 2 aromatic carbocycles. The fourth-order valence-corrected chi connectivity index (χ4v) is 3.09. The van der Waals surface area contributed by atoms with Crippen LogP contribution in [0.2, 0.25) is 0 Å². The number of carbonyl (C=O) groups excluding carboxylic acids is 3. The van der Waals surface area contributed by atoms with Gasteiger partial charge in [0.15, 0.2) is 0 Å². The van der Waals surface area contributed by atoms with E-state index in [2.05, 4.69) is 10.6 Å². The molecule has 1 aliphatic heterocycles. The Morgan fingerprint density at radius 2 is 1.96 bits per heavy atom. The summed E-state index contributed by atoms with van der Waals surface area (Å²) < 4.78 is 18.7. The lowest BCUT2D eigenvalue weighted by molar-refractivity contribution is -0.123. The Morgan fingerprint density at radius 1 is 1.21 bits per heavy atom. The van der Waals surface area contributed by atoms with Gasteiger partial charge in [0.1, 0.15) is 11.6 Å². The van der Waals surface area contributed by atoms with Gasteiger partial charge in [-0.2, -0.15) is 0 Å². The number of ether oxygens (including phenoxy) is 1. The van der Waals surface area contributed by atoms with Crippen LogP contribution in [0, 0.1) is 5.82 Å². The average molecular weight is 385 g/mol. The minimum atomic E-state index is -0.764. The molecule has 0 aromatic heterocycles. The van der Waals surface area contributed by atoms with E-state index in [0.29, 0.717) is 22.6 Å². The van der Waals surface area contributed by atoms with E-state index in [1.165, 1.54) is 36.3 Å². The standard InChI is InChI=1S/C20H20FN3O4/c1-24(2)20(27)15-9-12(5-7-17(15)28-3)22-19(26)14-10-18(25)23-16-8-11(21)4-6-13(14)16/h4-9,14H,10H2,1-3H3,(H,22,26)(H,23,25). The van der Waals surface area contributed by atoms with Crippen molar-refractivity contribution in [2.75, 3.05) is 31.8 Å². The number of hydrogen-bond donors (Lipinski definition) is 2. The van der Waals surface area contributed by atoms with E-state index < -0.39 is 17.6 Å². The number of carbonyl (C=O) groups is 3. The lowest BCUT2D eigenvalue weighted by Gasteiger charge is -2.25. The van der Waals surface area contributed by atoms with Crippen LogP contribution in [-0.4, -0.2) is 43.8 Å². The smallest absolute Gasteiger partial charge is 0.257 e. The molecule has 3 amide bonds. The van der Waals surface area contributed by atoms with Crippen LogP contribution in [0.15, 0.2) is 36.4 Å². The van der Waals surface area contributed by atoms with Crippen LogP contribution in [0.4, 0.5) is 15.8 Å². The first-order valence-corrected chi connectivity index (χ1v) is 8.60. The van der Waals surface area contributed by atoms with Crippen LogP contribution < -0.4 is 15.4 Å². The predicted molar refractivity (Wildman–Crippen MR) is 102 cm³/mol. The molecule has 1 heterocycles. The lowest BCUT2D eigenvalue weighted by atomic mass is 9.89. The molecule has 0 fully saturated rings. The number of nitrogens with one attached hydrogen (secondary N) is 2. The number of nitrogens with zero attached hydrogens (tertiary/aromatic N) is 1. The first kappa shape index (κ1) is 19.3. The summed E-state index contributed by atoms with van der Waals surface area (Å²) >= 11 is 0. The Kier molecular flexibility index (Phi) is 5.30. The third-order valence-electron chi connectivity index (χ3n) is 4.47. The molecule has 1 atom stereocenters. The van der Waals surface area contributed by atoms with Crippen molar-refractivity contribution < 1.29 is 23.5 Å². The van der Waals surface area contributed by atoms with Crippen molar-refractivity contribution in [2.24, 2.45) is 0 Å². The second-order valence-corrected chi connectivity index (χ2v) is 6.64. The van der Waals surface area contributed by atoms with Crippen LogP contribution >= 0.6 is 0 Å². The average Bonchev–Trinajstić information content (AvgIpc) is 2.66. The number of anilines is 2. The van der Waals surface area contributed by atoms with E-state index in [1.807, 2.05) is 0 Å². The monoisotopic (exact) mass is 385 g/mol. The number of hydrogen-bond acceptors (Lipinski definition) is 4. The van der Waals surface area contributed by atoms with Gasteiger partial charge in [-0.15, -0.1) is 0 Å². The number of methoxy groups -OCH3 is 1. The van der Waals surface area contributed by atoms with E-state index in [-0.39, 0.29) is 23.9 Å². The third kappa shape index (κ3) is 3.80. The topological polar surface area (TPSA) is 87.7 Å². The normalized spacial score (nSPS) is 15.3. The van der Waals surface area contributed by atoms with Gasteiger partial charge in [0.05, 0.1) is 18.6 Å². The largest absolute Gasteiger partial charge is 0.496 e. The number of rotatable bonds is 4. The molecule has 0 aliphatic carbocycles.